The van der Waals surface area contributed by atoms with Gasteiger partial charge in [0.05, 0.1) is 11.0 Å². The maximum Gasteiger partial charge on any atom is 0.0547 e. The van der Waals surface area contributed by atoms with E-state index in [1.54, 1.807) is 0 Å². The van der Waals surface area contributed by atoms with Gasteiger partial charge in [0.25, 0.3) is 0 Å². The van der Waals surface area contributed by atoms with E-state index >= 15 is 0 Å². The molecule has 2 heteroatoms. The highest BCUT2D eigenvalue weighted by Crippen LogP contribution is 2.47. The van der Waals surface area contributed by atoms with Crippen molar-refractivity contribution in [1.29, 1.82) is 0 Å². The topological polar surface area (TPSA) is 8.17 Å². The highest BCUT2D eigenvalue weighted by Gasteiger charge is 2.21. The van der Waals surface area contributed by atoms with E-state index in [9.17, 15) is 0 Å². The lowest BCUT2D eigenvalue weighted by molar-refractivity contribution is 1.18. The van der Waals surface area contributed by atoms with Crippen molar-refractivity contribution in [2.45, 2.75) is 0 Å². The lowest BCUT2D eigenvalue weighted by Crippen LogP contribution is -2.10. The Hall–Kier alpha value is -8.98. The van der Waals surface area contributed by atoms with Gasteiger partial charge in [0, 0.05) is 33.5 Å². The fraction of sp³-hybridized carbons (Fsp3) is 0. The van der Waals surface area contributed by atoms with Gasteiger partial charge < -0.3 is 9.47 Å². The predicted octanol–water partition coefficient (Wildman–Crippen LogP) is 18.4. The van der Waals surface area contributed by atoms with Crippen molar-refractivity contribution in [3.63, 3.8) is 0 Å². The molecule has 0 saturated heterocycles. The zero-order valence-electron chi connectivity index (χ0n) is 37.3. The minimum Gasteiger partial charge on any atom is -0.310 e. The molecule has 0 aliphatic rings. The molecule has 13 rings (SSSR count). The largest absolute Gasteiger partial charge is 0.310 e. The molecule has 2 nitrogen and oxygen atoms in total. The van der Waals surface area contributed by atoms with Crippen molar-refractivity contribution in [1.82, 2.24) is 4.57 Å². The third-order valence-corrected chi connectivity index (χ3v) is 13.7. The molecule has 0 N–H and O–H groups in total. The number of aromatic nitrogens is 1. The van der Waals surface area contributed by atoms with E-state index in [1.807, 2.05) is 0 Å². The Bertz CT molecular complexity index is 4000. The predicted molar refractivity (Wildman–Crippen MR) is 290 cm³/mol. The molecule has 0 fully saturated rings. The minimum absolute atomic E-state index is 1.09. The molecule has 1 aromatic heterocycles. The quantitative estimate of drug-likeness (QED) is 0.138. The SMILES string of the molecule is c1ccc(-c2c(-c3ccccc3)c3cc(-c4cccc(N(c5ccc(-c6cccc7c6c6ccccc6n7-c6ccccc6)cc5)c5ccc6ccccc6c5)c4)ccc3c3ccccc23)cc1. The van der Waals surface area contributed by atoms with Crippen LogP contribution in [0.5, 0.6) is 0 Å². The van der Waals surface area contributed by atoms with Gasteiger partial charge in [-0.15, -0.1) is 0 Å². The first-order chi connectivity index (χ1) is 33.7. The average Bonchev–Trinajstić information content (AvgIpc) is 3.76. The van der Waals surface area contributed by atoms with Gasteiger partial charge in [0.2, 0.25) is 0 Å². The van der Waals surface area contributed by atoms with Crippen LogP contribution in [0.3, 0.4) is 0 Å². The molecule has 0 radical (unpaired) electrons. The molecule has 0 amide bonds. The second-order valence-electron chi connectivity index (χ2n) is 17.6. The number of benzene rings is 12. The van der Waals surface area contributed by atoms with Crippen molar-refractivity contribution in [3.8, 4) is 50.2 Å². The smallest absolute Gasteiger partial charge is 0.0547 e. The van der Waals surface area contributed by atoms with Crippen LogP contribution < -0.4 is 4.90 Å². The fourth-order valence-corrected chi connectivity index (χ4v) is 10.7. The molecular formula is C66H44N2. The molecule has 0 aliphatic carbocycles. The van der Waals surface area contributed by atoms with Crippen molar-refractivity contribution >= 4 is 71.2 Å². The van der Waals surface area contributed by atoms with Gasteiger partial charge in [-0.3, -0.25) is 0 Å². The Morgan fingerprint density at radius 3 is 1.56 bits per heavy atom. The van der Waals surface area contributed by atoms with Crippen molar-refractivity contribution < 1.29 is 0 Å². The number of para-hydroxylation sites is 2. The number of anilines is 3. The molecule has 0 spiro atoms. The van der Waals surface area contributed by atoms with Gasteiger partial charge in [-0.25, -0.2) is 0 Å². The molecule has 68 heavy (non-hydrogen) atoms. The van der Waals surface area contributed by atoms with Crippen LogP contribution in [0, 0.1) is 0 Å². The zero-order valence-corrected chi connectivity index (χ0v) is 37.3. The van der Waals surface area contributed by atoms with Gasteiger partial charge >= 0.3 is 0 Å². The first kappa shape index (κ1) is 39.4. The highest BCUT2D eigenvalue weighted by atomic mass is 15.1. The van der Waals surface area contributed by atoms with Crippen molar-refractivity contribution in [2.24, 2.45) is 0 Å². The summed E-state index contributed by atoms with van der Waals surface area (Å²) in [6.07, 6.45) is 0. The molecule has 0 aliphatic heterocycles. The Balaban J connectivity index is 0.968. The lowest BCUT2D eigenvalue weighted by Gasteiger charge is -2.27. The van der Waals surface area contributed by atoms with Crippen LogP contribution in [0.1, 0.15) is 0 Å². The summed E-state index contributed by atoms with van der Waals surface area (Å²) in [4.78, 5) is 2.40. The van der Waals surface area contributed by atoms with Gasteiger partial charge in [0.1, 0.15) is 0 Å². The number of hydrogen-bond acceptors (Lipinski definition) is 1. The molecule has 0 unspecified atom stereocenters. The summed E-state index contributed by atoms with van der Waals surface area (Å²) in [6, 6.07) is 97.5. The van der Waals surface area contributed by atoms with E-state index in [4.69, 9.17) is 0 Å². The van der Waals surface area contributed by atoms with Crippen LogP contribution in [0.15, 0.2) is 267 Å². The number of nitrogens with zero attached hydrogens (tertiary/aromatic N) is 2. The minimum atomic E-state index is 1.09. The fourth-order valence-electron chi connectivity index (χ4n) is 10.7. The van der Waals surface area contributed by atoms with Crippen LogP contribution in [-0.4, -0.2) is 4.57 Å². The van der Waals surface area contributed by atoms with Gasteiger partial charge in [-0.1, -0.05) is 200 Å². The number of fused-ring (bicyclic) bond motifs is 7. The molecule has 0 saturated carbocycles. The highest BCUT2D eigenvalue weighted by molar-refractivity contribution is 6.22. The maximum atomic E-state index is 2.42. The summed E-state index contributed by atoms with van der Waals surface area (Å²) in [5, 5.41) is 9.92. The second kappa shape index (κ2) is 16.5. The first-order valence-corrected chi connectivity index (χ1v) is 23.4. The molecule has 0 bridgehead atoms. The number of hydrogen-bond donors (Lipinski definition) is 0. The van der Waals surface area contributed by atoms with Gasteiger partial charge in [-0.2, -0.15) is 0 Å². The van der Waals surface area contributed by atoms with E-state index in [-0.39, 0.29) is 0 Å². The monoisotopic (exact) mass is 864 g/mol. The van der Waals surface area contributed by atoms with E-state index in [2.05, 4.69) is 276 Å². The van der Waals surface area contributed by atoms with Crippen LogP contribution in [0.4, 0.5) is 17.1 Å². The van der Waals surface area contributed by atoms with Crippen LogP contribution in [-0.2, 0) is 0 Å². The van der Waals surface area contributed by atoms with E-state index < -0.39 is 0 Å². The Kier molecular flexibility index (Phi) is 9.54. The van der Waals surface area contributed by atoms with Gasteiger partial charge in [-0.05, 0) is 144 Å². The molecule has 13 aromatic rings. The second-order valence-corrected chi connectivity index (χ2v) is 17.6. The Morgan fingerprint density at radius 1 is 0.265 bits per heavy atom. The Labute approximate surface area is 395 Å². The van der Waals surface area contributed by atoms with Crippen LogP contribution in [0.2, 0.25) is 0 Å². The third-order valence-electron chi connectivity index (χ3n) is 13.7. The normalized spacial score (nSPS) is 11.5. The van der Waals surface area contributed by atoms with Crippen molar-refractivity contribution in [3.05, 3.63) is 267 Å². The first-order valence-electron chi connectivity index (χ1n) is 23.4. The third kappa shape index (κ3) is 6.65. The molecule has 12 aromatic carbocycles. The molecule has 318 valence electrons. The summed E-state index contributed by atoms with van der Waals surface area (Å²) < 4.78 is 2.39. The standard InChI is InChI=1S/C66H44N2/c1-4-19-47(20-5-1)64-59-29-13-12-28-57(59)58-41-37-51(44-61(58)65(64)48-21-6-2-7-22-48)50-24-16-27-54(43-50)67(55-40-34-45-18-10-11-23-49(45)42-55)53-38-35-46(36-39-53)56-31-17-33-63-66(56)60-30-14-15-32-62(60)68(63)52-25-8-3-9-26-52/h1-44H. The summed E-state index contributed by atoms with van der Waals surface area (Å²) in [5.41, 5.74) is 16.5. The maximum absolute atomic E-state index is 2.42. The van der Waals surface area contributed by atoms with Crippen LogP contribution >= 0.6 is 0 Å². The van der Waals surface area contributed by atoms with E-state index in [0.29, 0.717) is 0 Å². The summed E-state index contributed by atoms with van der Waals surface area (Å²) in [6.45, 7) is 0. The zero-order chi connectivity index (χ0) is 45.0. The summed E-state index contributed by atoms with van der Waals surface area (Å²) >= 11 is 0. The van der Waals surface area contributed by atoms with E-state index in [0.717, 1.165) is 28.3 Å². The average molecular weight is 865 g/mol. The van der Waals surface area contributed by atoms with Crippen molar-refractivity contribution in [2.75, 3.05) is 4.90 Å². The van der Waals surface area contributed by atoms with E-state index in [1.165, 1.54) is 93.1 Å². The van der Waals surface area contributed by atoms with Gasteiger partial charge in [0.15, 0.2) is 0 Å². The molecular weight excluding hydrogens is 821 g/mol. The molecule has 0 atom stereocenters. The number of rotatable bonds is 8. The Morgan fingerprint density at radius 2 is 0.794 bits per heavy atom. The molecule has 1 heterocycles. The lowest BCUT2D eigenvalue weighted by atomic mass is 9.84. The summed E-state index contributed by atoms with van der Waals surface area (Å²) in [7, 11) is 0. The van der Waals surface area contributed by atoms with Crippen LogP contribution in [0.25, 0.3) is 104 Å². The summed E-state index contributed by atoms with van der Waals surface area (Å²) in [5.74, 6) is 0.